The molecule has 0 bridgehead atoms. The zero-order valence-corrected chi connectivity index (χ0v) is 11.8. The first-order chi connectivity index (χ1) is 6.27. The molecule has 0 heterocycles. The number of rotatable bonds is 6. The van der Waals surface area contributed by atoms with Crippen molar-refractivity contribution < 1.29 is 22.2 Å². The van der Waals surface area contributed by atoms with Crippen LogP contribution >= 0.6 is 18.6 Å². The molecule has 13 heavy (non-hydrogen) atoms. The van der Waals surface area contributed by atoms with Crippen LogP contribution in [0.2, 0.25) is 0 Å². The van der Waals surface area contributed by atoms with Gasteiger partial charge in [0.2, 0.25) is 0 Å². The van der Waals surface area contributed by atoms with Crippen LogP contribution in [0.25, 0.3) is 0 Å². The molecule has 0 aromatic rings. The van der Waals surface area contributed by atoms with Gasteiger partial charge >= 0.3 is 102 Å². The normalized spacial score (nSPS) is 11.9. The second-order valence-electron chi connectivity index (χ2n) is 2.35. The van der Waals surface area contributed by atoms with Gasteiger partial charge in [-0.2, -0.15) is 0 Å². The summed E-state index contributed by atoms with van der Waals surface area (Å²) in [6.07, 6.45) is 0. The second kappa shape index (κ2) is 11.0. The summed E-state index contributed by atoms with van der Waals surface area (Å²) in [6, 6.07) is 0. The monoisotopic (exact) mass is 406 g/mol. The Bertz CT molecular complexity index is 170. The van der Waals surface area contributed by atoms with Crippen LogP contribution in [0.1, 0.15) is 6.92 Å². The van der Waals surface area contributed by atoms with Crippen molar-refractivity contribution in [1.29, 1.82) is 0 Å². The van der Waals surface area contributed by atoms with Crippen LogP contribution in [0, 0.1) is 11.7 Å². The van der Waals surface area contributed by atoms with Gasteiger partial charge in [0, 0.05) is 0 Å². The summed E-state index contributed by atoms with van der Waals surface area (Å²) in [7, 11) is 1.76. The first-order valence-corrected chi connectivity index (χ1v) is 11.3. The van der Waals surface area contributed by atoms with Crippen LogP contribution in [-0.2, 0) is 4.74 Å². The number of hydrogen-bond donors (Lipinski definition) is 2. The fourth-order valence-electron chi connectivity index (χ4n) is 0.502. The van der Waals surface area contributed by atoms with E-state index in [9.17, 15) is 0 Å². The summed E-state index contributed by atoms with van der Waals surface area (Å²) in [4.78, 5) is 0. The average Bonchev–Trinajstić information content (AvgIpc) is 2.09. The van der Waals surface area contributed by atoms with Crippen LogP contribution in [0.15, 0.2) is 0 Å². The van der Waals surface area contributed by atoms with Gasteiger partial charge in [-0.05, 0) is 0 Å². The van der Waals surface area contributed by atoms with E-state index < -0.39 is 0 Å². The van der Waals surface area contributed by atoms with Crippen molar-refractivity contribution in [2.75, 3.05) is 19.8 Å². The Morgan fingerprint density at radius 1 is 1.77 bits per heavy atom. The fraction of sp³-hybridized carbons (Fsp3) is 0.714. The van der Waals surface area contributed by atoms with E-state index in [1.54, 1.807) is 7.28 Å². The van der Waals surface area contributed by atoms with Gasteiger partial charge in [0.05, 0.1) is 0 Å². The van der Waals surface area contributed by atoms with Crippen molar-refractivity contribution in [3.63, 3.8) is 0 Å². The van der Waals surface area contributed by atoms with E-state index in [1.807, 2.05) is 6.92 Å². The summed E-state index contributed by atoms with van der Waals surface area (Å²) in [6.45, 7) is 4.04. The molecule has 3 N–H and O–H groups in total. The average molecular weight is 406 g/mol. The first kappa shape index (κ1) is 14.0. The summed E-state index contributed by atoms with van der Waals surface area (Å²) in [5.41, 5.74) is 5.47. The summed E-state index contributed by atoms with van der Waals surface area (Å²) >= 11 is 2.52. The van der Waals surface area contributed by atoms with Crippen LogP contribution in [0.5, 0.6) is 0 Å². The molecule has 3 nitrogen and oxygen atoms in total. The Hall–Kier alpha value is 0.965. The predicted octanol–water partition coefficient (Wildman–Crippen LogP) is -3.08. The standard InChI is InChI=1S/C7H13BI2N2O/c1-7(11)8-3-2-5-13-6-4-12-10-9/h7,12H,4-6,11H2,1H3/q-1. The van der Waals surface area contributed by atoms with Crippen molar-refractivity contribution >= 4 is 25.9 Å². The van der Waals surface area contributed by atoms with Crippen LogP contribution in [-0.4, -0.2) is 33.0 Å². The molecule has 0 aliphatic carbocycles. The van der Waals surface area contributed by atoms with Gasteiger partial charge in [-0.25, -0.2) is 0 Å². The molecule has 0 aliphatic rings. The van der Waals surface area contributed by atoms with Gasteiger partial charge < -0.3 is 0 Å². The predicted molar refractivity (Wildman–Crippen MR) is 60.0 cm³/mol. The van der Waals surface area contributed by atoms with Crippen LogP contribution in [0.4, 0.5) is 0 Å². The topological polar surface area (TPSA) is 47.3 Å². The molecule has 0 fully saturated rings. The number of nitrogens with two attached hydrogens (primary N) is 1. The van der Waals surface area contributed by atoms with E-state index in [4.69, 9.17) is 10.5 Å². The third-order valence-corrected chi connectivity index (χ3v) is 3.78. The van der Waals surface area contributed by atoms with Crippen LogP contribution in [0.3, 0.4) is 0 Å². The third kappa shape index (κ3) is 13.0. The Morgan fingerprint density at radius 2 is 2.54 bits per heavy atom. The van der Waals surface area contributed by atoms with Crippen molar-refractivity contribution in [3.8, 4) is 11.7 Å². The molecule has 75 valence electrons. The maximum absolute atomic E-state index is 5.47. The van der Waals surface area contributed by atoms with Gasteiger partial charge in [-0.1, -0.05) is 0 Å². The number of nitrogens with one attached hydrogen (secondary N) is 1. The van der Waals surface area contributed by atoms with Gasteiger partial charge in [0.25, 0.3) is 0 Å². The Labute approximate surface area is 101 Å². The van der Waals surface area contributed by atoms with Crippen molar-refractivity contribution in [3.05, 3.63) is 0 Å². The number of ether oxygens (including phenoxy) is 1. The van der Waals surface area contributed by atoms with Gasteiger partial charge in [0.15, 0.2) is 0 Å². The van der Waals surface area contributed by atoms with E-state index in [1.165, 1.54) is 0 Å². The van der Waals surface area contributed by atoms with Crippen molar-refractivity contribution in [2.24, 2.45) is 5.73 Å². The molecule has 1 unspecified atom stereocenters. The van der Waals surface area contributed by atoms with E-state index in [-0.39, 0.29) is 23.4 Å². The zero-order chi connectivity index (χ0) is 9.94. The van der Waals surface area contributed by atoms with Gasteiger partial charge in [-0.3, -0.25) is 0 Å². The molecule has 0 aromatic heterocycles. The SMILES string of the molecule is CC(N)[B]C#CCOCCN[I-]I. The van der Waals surface area contributed by atoms with E-state index in [2.05, 4.69) is 33.9 Å². The molecule has 0 aromatic carbocycles. The molecule has 6 heteroatoms. The first-order valence-electron chi connectivity index (χ1n) is 3.90. The molecule has 1 atom stereocenters. The Kier molecular flexibility index (Phi) is 11.9. The number of halogens is 2. The summed E-state index contributed by atoms with van der Waals surface area (Å²) in [5, 5.41) is 0. The molecule has 0 saturated heterocycles. The molecule has 0 saturated carbocycles. The molecular weight excluding hydrogens is 393 g/mol. The van der Waals surface area contributed by atoms with Gasteiger partial charge in [0.1, 0.15) is 0 Å². The Balaban J connectivity index is 3.09. The van der Waals surface area contributed by atoms with Crippen molar-refractivity contribution in [2.45, 2.75) is 12.9 Å². The minimum atomic E-state index is 0.0398. The summed E-state index contributed by atoms with van der Waals surface area (Å²) < 4.78 is 8.49. The van der Waals surface area contributed by atoms with Crippen LogP contribution < -0.4 is 26.8 Å². The molecule has 0 spiro atoms. The zero-order valence-electron chi connectivity index (χ0n) is 7.52. The van der Waals surface area contributed by atoms with E-state index in [0.29, 0.717) is 6.61 Å². The molecule has 0 amide bonds. The quantitative estimate of drug-likeness (QED) is 0.162. The molecule has 0 aliphatic heterocycles. The molecule has 0 rings (SSSR count). The Morgan fingerprint density at radius 3 is 3.15 bits per heavy atom. The molecular formula is C7H13BI2N2O-. The van der Waals surface area contributed by atoms with Gasteiger partial charge in [-0.15, -0.1) is 0 Å². The minimum absolute atomic E-state index is 0.0398. The fourth-order valence-corrected chi connectivity index (χ4v) is 2.29. The summed E-state index contributed by atoms with van der Waals surface area (Å²) in [5.74, 6) is 5.74. The molecule has 1 radical (unpaired) electrons. The van der Waals surface area contributed by atoms with Crippen molar-refractivity contribution in [1.82, 2.24) is 3.53 Å². The maximum atomic E-state index is 5.47. The van der Waals surface area contributed by atoms with E-state index >= 15 is 0 Å². The second-order valence-corrected chi connectivity index (χ2v) is 6.26. The number of hydrogen-bond acceptors (Lipinski definition) is 3. The van der Waals surface area contributed by atoms with E-state index in [0.717, 1.165) is 13.2 Å². The third-order valence-electron chi connectivity index (χ3n) is 1.01.